The molecule has 59 heavy (non-hydrogen) atoms. The third-order valence-corrected chi connectivity index (χ3v) is 13.3. The Morgan fingerprint density at radius 2 is 0.814 bits per heavy atom. The Bertz CT molecular complexity index is 3140. The molecule has 0 aliphatic heterocycles. The third-order valence-electron chi connectivity index (χ3n) is 10.9. The van der Waals surface area contributed by atoms with Crippen molar-refractivity contribution in [3.05, 3.63) is 219 Å². The number of thiophene rings is 2. The summed E-state index contributed by atoms with van der Waals surface area (Å²) in [7, 11) is 0. The lowest BCUT2D eigenvalue weighted by Crippen LogP contribution is -2.13. The number of pyridine rings is 1. The summed E-state index contributed by atoms with van der Waals surface area (Å²) in [5.41, 5.74) is 9.88. The van der Waals surface area contributed by atoms with E-state index in [2.05, 4.69) is 220 Å². The van der Waals surface area contributed by atoms with Crippen LogP contribution in [0.15, 0.2) is 219 Å². The Hall–Kier alpha value is -7.25. The molecule has 4 nitrogen and oxygen atoms in total. The highest BCUT2D eigenvalue weighted by Gasteiger charge is 2.25. The summed E-state index contributed by atoms with van der Waals surface area (Å²) in [6.45, 7) is 0. The van der Waals surface area contributed by atoms with Gasteiger partial charge in [-0.3, -0.25) is 4.98 Å². The number of nitrogens with zero attached hydrogens (tertiary/aromatic N) is 4. The Kier molecular flexibility index (Phi) is 8.84. The molecule has 0 atom stereocenters. The molecule has 6 heteroatoms. The van der Waals surface area contributed by atoms with Gasteiger partial charge in [0.15, 0.2) is 0 Å². The van der Waals surface area contributed by atoms with Gasteiger partial charge in [-0.1, -0.05) is 103 Å². The van der Waals surface area contributed by atoms with E-state index >= 15 is 0 Å². The fourth-order valence-electron chi connectivity index (χ4n) is 8.27. The van der Waals surface area contributed by atoms with Gasteiger partial charge in [0.1, 0.15) is 0 Å². The SMILES string of the molecule is c1ccc(N(c2cccnc2)c2ccc3sc4c(N(c5ccccc5)c5cc(N(c6ccccc6)c6ccccc6)cc6c5sc5ccccc56)cccc4c3c2)cc1. The standard InChI is InChI=1S/C53H36N4S2/c1-5-17-37(18-6-1)55(38-19-7-2-8-20-38)43-34-47-44-26-13-14-29-50(44)58-53(47)49(35-43)57(40-23-11-4-12-24-40)48-28-15-27-45-46-33-41(30-31-51(46)59-52(45)48)56(39-21-9-3-10-22-39)42-25-16-32-54-36-42/h1-36H. The van der Waals surface area contributed by atoms with E-state index in [1.54, 1.807) is 0 Å². The predicted molar refractivity (Wildman–Crippen MR) is 254 cm³/mol. The lowest BCUT2D eigenvalue weighted by atomic mass is 10.1. The smallest absolute Gasteiger partial charge is 0.0661 e. The van der Waals surface area contributed by atoms with E-state index in [4.69, 9.17) is 0 Å². The van der Waals surface area contributed by atoms with Crippen LogP contribution in [-0.4, -0.2) is 4.98 Å². The van der Waals surface area contributed by atoms with Crippen LogP contribution in [0.1, 0.15) is 0 Å². The first-order chi connectivity index (χ1) is 29.3. The van der Waals surface area contributed by atoms with Crippen molar-refractivity contribution in [2.45, 2.75) is 0 Å². The van der Waals surface area contributed by atoms with Gasteiger partial charge in [-0.15, -0.1) is 22.7 Å². The molecule has 280 valence electrons. The van der Waals surface area contributed by atoms with Crippen LogP contribution in [0.3, 0.4) is 0 Å². The Morgan fingerprint density at radius 3 is 1.44 bits per heavy atom. The van der Waals surface area contributed by atoms with Gasteiger partial charge in [-0.2, -0.15) is 0 Å². The maximum Gasteiger partial charge on any atom is 0.0661 e. The fourth-order valence-corrected chi connectivity index (χ4v) is 10.6. The summed E-state index contributed by atoms with van der Waals surface area (Å²) >= 11 is 3.72. The van der Waals surface area contributed by atoms with E-state index < -0.39 is 0 Å². The van der Waals surface area contributed by atoms with Crippen molar-refractivity contribution < 1.29 is 0 Å². The molecule has 8 aromatic carbocycles. The molecule has 0 fully saturated rings. The highest BCUT2D eigenvalue weighted by atomic mass is 32.1. The Balaban J connectivity index is 1.16. The van der Waals surface area contributed by atoms with Crippen molar-refractivity contribution in [1.82, 2.24) is 4.98 Å². The highest BCUT2D eigenvalue weighted by Crippen LogP contribution is 2.52. The molecular formula is C53H36N4S2. The van der Waals surface area contributed by atoms with Gasteiger partial charge < -0.3 is 14.7 Å². The molecule has 0 saturated carbocycles. The largest absolute Gasteiger partial charge is 0.310 e. The number of para-hydroxylation sites is 4. The van der Waals surface area contributed by atoms with Crippen molar-refractivity contribution >= 4 is 114 Å². The summed E-state index contributed by atoms with van der Waals surface area (Å²) in [6, 6.07) is 74.1. The number of aromatic nitrogens is 1. The average molecular weight is 793 g/mol. The van der Waals surface area contributed by atoms with Gasteiger partial charge in [0.05, 0.1) is 32.7 Å². The summed E-state index contributed by atoms with van der Waals surface area (Å²) in [5, 5.41) is 4.94. The first-order valence-electron chi connectivity index (χ1n) is 19.7. The molecule has 3 heterocycles. The van der Waals surface area contributed by atoms with E-state index in [1.807, 2.05) is 41.1 Å². The lowest BCUT2D eigenvalue weighted by molar-refractivity contribution is 1.23. The molecule has 0 N–H and O–H groups in total. The minimum Gasteiger partial charge on any atom is -0.310 e. The van der Waals surface area contributed by atoms with E-state index in [1.165, 1.54) is 40.3 Å². The molecule has 0 amide bonds. The molecule has 0 unspecified atom stereocenters. The van der Waals surface area contributed by atoms with Crippen LogP contribution in [0.4, 0.5) is 51.2 Å². The molecule has 0 radical (unpaired) electrons. The number of hydrogen-bond donors (Lipinski definition) is 0. The van der Waals surface area contributed by atoms with Crippen LogP contribution in [0, 0.1) is 0 Å². The van der Waals surface area contributed by atoms with Gasteiger partial charge in [-0.25, -0.2) is 0 Å². The maximum absolute atomic E-state index is 4.49. The second-order valence-corrected chi connectivity index (χ2v) is 16.5. The molecule has 0 aliphatic rings. The van der Waals surface area contributed by atoms with E-state index in [0.717, 1.165) is 51.2 Å². The van der Waals surface area contributed by atoms with Gasteiger partial charge in [0, 0.05) is 71.3 Å². The summed E-state index contributed by atoms with van der Waals surface area (Å²) < 4.78 is 4.99. The van der Waals surface area contributed by atoms with Crippen molar-refractivity contribution in [3.63, 3.8) is 0 Å². The molecule has 0 spiro atoms. The number of anilines is 9. The van der Waals surface area contributed by atoms with Crippen molar-refractivity contribution in [2.24, 2.45) is 0 Å². The number of fused-ring (bicyclic) bond motifs is 6. The summed E-state index contributed by atoms with van der Waals surface area (Å²) in [5.74, 6) is 0. The maximum atomic E-state index is 4.49. The van der Waals surface area contributed by atoms with Gasteiger partial charge in [0.2, 0.25) is 0 Å². The number of rotatable bonds is 9. The summed E-state index contributed by atoms with van der Waals surface area (Å²) in [4.78, 5) is 11.6. The Labute approximate surface area is 350 Å². The predicted octanol–water partition coefficient (Wildman–Crippen LogP) is 16.2. The van der Waals surface area contributed by atoms with Gasteiger partial charge >= 0.3 is 0 Å². The van der Waals surface area contributed by atoms with Crippen LogP contribution >= 0.6 is 22.7 Å². The fraction of sp³-hybridized carbons (Fsp3) is 0. The first-order valence-corrected chi connectivity index (χ1v) is 21.3. The topological polar surface area (TPSA) is 22.6 Å². The molecular weight excluding hydrogens is 757 g/mol. The molecule has 0 aliphatic carbocycles. The first kappa shape index (κ1) is 35.0. The highest BCUT2D eigenvalue weighted by molar-refractivity contribution is 7.27. The second kappa shape index (κ2) is 14.9. The second-order valence-electron chi connectivity index (χ2n) is 14.4. The van der Waals surface area contributed by atoms with Gasteiger partial charge in [-0.05, 0) is 103 Å². The monoisotopic (exact) mass is 792 g/mol. The zero-order chi connectivity index (χ0) is 39.1. The minimum atomic E-state index is 1.01. The zero-order valence-corrected chi connectivity index (χ0v) is 33.5. The molecule has 11 rings (SSSR count). The summed E-state index contributed by atoms with van der Waals surface area (Å²) in [6.07, 6.45) is 3.75. The molecule has 11 aromatic rings. The number of hydrogen-bond acceptors (Lipinski definition) is 6. The van der Waals surface area contributed by atoms with Crippen molar-refractivity contribution in [3.8, 4) is 0 Å². The van der Waals surface area contributed by atoms with Crippen molar-refractivity contribution in [2.75, 3.05) is 14.7 Å². The van der Waals surface area contributed by atoms with Crippen LogP contribution in [-0.2, 0) is 0 Å². The lowest BCUT2D eigenvalue weighted by Gasteiger charge is -2.30. The molecule has 0 saturated heterocycles. The van der Waals surface area contributed by atoms with Crippen LogP contribution in [0.2, 0.25) is 0 Å². The van der Waals surface area contributed by atoms with Gasteiger partial charge in [0.25, 0.3) is 0 Å². The average Bonchev–Trinajstić information content (AvgIpc) is 3.88. The Morgan fingerprint density at radius 1 is 0.305 bits per heavy atom. The third kappa shape index (κ3) is 6.26. The van der Waals surface area contributed by atoms with E-state index in [9.17, 15) is 0 Å². The minimum absolute atomic E-state index is 1.01. The van der Waals surface area contributed by atoms with Crippen LogP contribution in [0.5, 0.6) is 0 Å². The zero-order valence-electron chi connectivity index (χ0n) is 31.9. The van der Waals surface area contributed by atoms with Crippen LogP contribution < -0.4 is 14.7 Å². The van der Waals surface area contributed by atoms with Crippen LogP contribution in [0.25, 0.3) is 40.3 Å². The van der Waals surface area contributed by atoms with E-state index in [-0.39, 0.29) is 0 Å². The molecule has 0 bridgehead atoms. The van der Waals surface area contributed by atoms with Crippen molar-refractivity contribution in [1.29, 1.82) is 0 Å². The number of benzene rings is 8. The van der Waals surface area contributed by atoms with E-state index in [0.29, 0.717) is 0 Å². The molecule has 3 aromatic heterocycles. The quantitative estimate of drug-likeness (QED) is 0.145. The normalized spacial score (nSPS) is 11.4.